The van der Waals surface area contributed by atoms with Gasteiger partial charge in [-0.25, -0.2) is 0 Å². The zero-order chi connectivity index (χ0) is 11.4. The van der Waals surface area contributed by atoms with Crippen LogP contribution in [0.5, 0.6) is 0 Å². The summed E-state index contributed by atoms with van der Waals surface area (Å²) < 4.78 is 0. The van der Waals surface area contributed by atoms with E-state index in [9.17, 15) is 0 Å². The Morgan fingerprint density at radius 3 is 3.00 bits per heavy atom. The molecule has 0 saturated carbocycles. The Morgan fingerprint density at radius 2 is 2.19 bits per heavy atom. The van der Waals surface area contributed by atoms with Crippen molar-refractivity contribution in [1.29, 1.82) is 0 Å². The largest absolute Gasteiger partial charge is 0.302 e. The number of benzene rings is 1. The molecule has 2 heteroatoms. The second-order valence-corrected chi connectivity index (χ2v) is 3.75. The molecule has 2 rings (SSSR count). The maximum Gasteiger partial charge on any atom is 0.0708 e. The molecule has 0 fully saturated rings. The molecule has 80 valence electrons. The third kappa shape index (κ3) is 2.21. The van der Waals surface area contributed by atoms with Crippen LogP contribution in [0, 0.1) is 19.3 Å². The second-order valence-electron chi connectivity index (χ2n) is 3.75. The number of nitrogens with one attached hydrogen (secondary N) is 1. The number of hydrogen-bond donors (Lipinski definition) is 1. The van der Waals surface area contributed by atoms with E-state index in [1.165, 1.54) is 10.9 Å². The van der Waals surface area contributed by atoms with Crippen LogP contribution in [0.25, 0.3) is 10.9 Å². The summed E-state index contributed by atoms with van der Waals surface area (Å²) in [5.41, 5.74) is 3.33. The molecular weight excluding hydrogens is 196 g/mol. The van der Waals surface area contributed by atoms with Crippen LogP contribution in [0.2, 0.25) is 0 Å². The van der Waals surface area contributed by atoms with Gasteiger partial charge in [0, 0.05) is 17.6 Å². The standard InChI is InChI=1S/C14H14N2/c1-3-8-15-10-12-9-11(2)16-14-7-5-4-6-13(12)14/h1,4-7,9,15H,8,10H2,2H3. The van der Waals surface area contributed by atoms with Gasteiger partial charge in [-0.1, -0.05) is 24.1 Å². The number of pyridine rings is 1. The molecule has 0 atom stereocenters. The predicted octanol–water partition coefficient (Wildman–Crippen LogP) is 2.27. The summed E-state index contributed by atoms with van der Waals surface area (Å²) >= 11 is 0. The summed E-state index contributed by atoms with van der Waals surface area (Å²) in [6.45, 7) is 3.39. The second kappa shape index (κ2) is 4.78. The van der Waals surface area contributed by atoms with Crippen molar-refractivity contribution in [3.63, 3.8) is 0 Å². The fraction of sp³-hybridized carbons (Fsp3) is 0.214. The summed E-state index contributed by atoms with van der Waals surface area (Å²) in [5.74, 6) is 2.57. The van der Waals surface area contributed by atoms with Crippen molar-refractivity contribution in [2.45, 2.75) is 13.5 Å². The molecule has 1 heterocycles. The van der Waals surface area contributed by atoms with Crippen LogP contribution in [0.1, 0.15) is 11.3 Å². The van der Waals surface area contributed by atoms with Gasteiger partial charge in [0.1, 0.15) is 0 Å². The highest BCUT2D eigenvalue weighted by Gasteiger charge is 2.02. The van der Waals surface area contributed by atoms with E-state index < -0.39 is 0 Å². The van der Waals surface area contributed by atoms with E-state index in [1.807, 2.05) is 25.1 Å². The van der Waals surface area contributed by atoms with Crippen LogP contribution in [0.15, 0.2) is 30.3 Å². The molecule has 16 heavy (non-hydrogen) atoms. The van der Waals surface area contributed by atoms with Crippen molar-refractivity contribution in [1.82, 2.24) is 10.3 Å². The van der Waals surface area contributed by atoms with Crippen LogP contribution in [-0.2, 0) is 6.54 Å². The predicted molar refractivity (Wildman–Crippen MR) is 67.0 cm³/mol. The van der Waals surface area contributed by atoms with Gasteiger partial charge < -0.3 is 5.32 Å². The van der Waals surface area contributed by atoms with Crippen LogP contribution in [0.3, 0.4) is 0 Å². The van der Waals surface area contributed by atoms with E-state index in [0.29, 0.717) is 6.54 Å². The molecule has 1 aromatic heterocycles. The maximum absolute atomic E-state index is 5.21. The highest BCUT2D eigenvalue weighted by Crippen LogP contribution is 2.17. The average molecular weight is 210 g/mol. The Balaban J connectivity index is 2.39. The number of aryl methyl sites for hydroxylation is 1. The van der Waals surface area contributed by atoms with Gasteiger partial charge in [-0.2, -0.15) is 0 Å². The third-order valence-corrected chi connectivity index (χ3v) is 2.47. The molecule has 1 aromatic carbocycles. The molecule has 1 N–H and O–H groups in total. The summed E-state index contributed by atoms with van der Waals surface area (Å²) in [5, 5.41) is 4.40. The van der Waals surface area contributed by atoms with E-state index in [4.69, 9.17) is 6.42 Å². The molecule has 0 unspecified atom stereocenters. The lowest BCUT2D eigenvalue weighted by molar-refractivity contribution is 0.773. The summed E-state index contributed by atoms with van der Waals surface area (Å²) in [6.07, 6.45) is 5.21. The van der Waals surface area contributed by atoms with E-state index in [-0.39, 0.29) is 0 Å². The molecular formula is C14H14N2. The van der Waals surface area contributed by atoms with Crippen LogP contribution in [0.4, 0.5) is 0 Å². The first-order valence-electron chi connectivity index (χ1n) is 5.30. The quantitative estimate of drug-likeness (QED) is 0.621. The molecule has 0 saturated heterocycles. The van der Waals surface area contributed by atoms with Crippen molar-refractivity contribution in [3.8, 4) is 12.3 Å². The fourth-order valence-electron chi connectivity index (χ4n) is 1.81. The lowest BCUT2D eigenvalue weighted by atomic mass is 10.1. The van der Waals surface area contributed by atoms with E-state index in [2.05, 4.69) is 28.4 Å². The smallest absolute Gasteiger partial charge is 0.0708 e. The molecule has 0 aliphatic carbocycles. The van der Waals surface area contributed by atoms with Gasteiger partial charge in [-0.3, -0.25) is 4.98 Å². The number of aromatic nitrogens is 1. The molecule has 0 aliphatic rings. The summed E-state index contributed by atoms with van der Waals surface area (Å²) in [7, 11) is 0. The Bertz CT molecular complexity index is 538. The van der Waals surface area contributed by atoms with Gasteiger partial charge in [-0.15, -0.1) is 6.42 Å². The van der Waals surface area contributed by atoms with Gasteiger partial charge in [0.05, 0.1) is 12.1 Å². The zero-order valence-corrected chi connectivity index (χ0v) is 9.33. The van der Waals surface area contributed by atoms with Crippen molar-refractivity contribution < 1.29 is 0 Å². The van der Waals surface area contributed by atoms with Crippen molar-refractivity contribution in [3.05, 3.63) is 41.6 Å². The number of fused-ring (bicyclic) bond motifs is 1. The fourth-order valence-corrected chi connectivity index (χ4v) is 1.81. The van der Waals surface area contributed by atoms with Gasteiger partial charge in [0.15, 0.2) is 0 Å². The first-order chi connectivity index (χ1) is 7.81. The van der Waals surface area contributed by atoms with E-state index in [1.54, 1.807) is 0 Å². The first-order valence-corrected chi connectivity index (χ1v) is 5.30. The Labute approximate surface area is 95.7 Å². The van der Waals surface area contributed by atoms with Gasteiger partial charge in [0.25, 0.3) is 0 Å². The molecule has 0 aliphatic heterocycles. The van der Waals surface area contributed by atoms with Crippen molar-refractivity contribution in [2.75, 3.05) is 6.54 Å². The Kier molecular flexibility index (Phi) is 3.19. The minimum atomic E-state index is 0.593. The summed E-state index contributed by atoms with van der Waals surface area (Å²) in [4.78, 5) is 4.50. The molecule has 0 bridgehead atoms. The first kappa shape index (κ1) is 10.7. The van der Waals surface area contributed by atoms with Gasteiger partial charge in [-0.05, 0) is 24.6 Å². The van der Waals surface area contributed by atoms with Crippen LogP contribution in [-0.4, -0.2) is 11.5 Å². The zero-order valence-electron chi connectivity index (χ0n) is 9.33. The topological polar surface area (TPSA) is 24.9 Å². The SMILES string of the molecule is C#CCNCc1cc(C)nc2ccccc12. The van der Waals surface area contributed by atoms with Crippen LogP contribution >= 0.6 is 0 Å². The molecule has 2 aromatic rings. The lowest BCUT2D eigenvalue weighted by Crippen LogP contribution is -2.13. The number of rotatable bonds is 3. The highest BCUT2D eigenvalue weighted by atomic mass is 14.8. The molecule has 0 radical (unpaired) electrons. The van der Waals surface area contributed by atoms with Crippen molar-refractivity contribution in [2.24, 2.45) is 0 Å². The monoisotopic (exact) mass is 210 g/mol. The van der Waals surface area contributed by atoms with Gasteiger partial charge >= 0.3 is 0 Å². The number of hydrogen-bond acceptors (Lipinski definition) is 2. The minimum absolute atomic E-state index is 0.593. The number of terminal acetylenes is 1. The van der Waals surface area contributed by atoms with E-state index in [0.717, 1.165) is 17.8 Å². The normalized spacial score (nSPS) is 10.2. The Hall–Kier alpha value is -1.85. The molecule has 0 spiro atoms. The summed E-state index contributed by atoms with van der Waals surface area (Å²) in [6, 6.07) is 10.3. The molecule has 2 nitrogen and oxygen atoms in total. The number of para-hydroxylation sites is 1. The van der Waals surface area contributed by atoms with Crippen LogP contribution < -0.4 is 5.32 Å². The van der Waals surface area contributed by atoms with E-state index >= 15 is 0 Å². The molecule has 0 amide bonds. The van der Waals surface area contributed by atoms with Crippen molar-refractivity contribution >= 4 is 10.9 Å². The average Bonchev–Trinajstić information content (AvgIpc) is 2.29. The minimum Gasteiger partial charge on any atom is -0.302 e. The third-order valence-electron chi connectivity index (χ3n) is 2.47. The maximum atomic E-state index is 5.21. The highest BCUT2D eigenvalue weighted by molar-refractivity contribution is 5.82. The number of nitrogens with zero attached hydrogens (tertiary/aromatic N) is 1. The lowest BCUT2D eigenvalue weighted by Gasteiger charge is -2.07. The Morgan fingerprint density at radius 1 is 1.38 bits per heavy atom. The van der Waals surface area contributed by atoms with Gasteiger partial charge in [0.2, 0.25) is 0 Å².